The first-order chi connectivity index (χ1) is 12.3. The fourth-order valence-corrected chi connectivity index (χ4v) is 2.40. The summed E-state index contributed by atoms with van der Waals surface area (Å²) in [5, 5.41) is 2.09. The number of nitrogens with one attached hydrogen (secondary N) is 1. The number of ether oxygens (including phenoxy) is 1. The summed E-state index contributed by atoms with van der Waals surface area (Å²) >= 11 is 3.29. The van der Waals surface area contributed by atoms with Crippen LogP contribution in [0.4, 0.5) is 18.9 Å². The van der Waals surface area contributed by atoms with Gasteiger partial charge in [-0.3, -0.25) is 4.79 Å². The summed E-state index contributed by atoms with van der Waals surface area (Å²) in [6.07, 6.45) is -1.99. The molecule has 0 aliphatic carbocycles. The first kappa shape index (κ1) is 19.7. The minimum Gasteiger partial charge on any atom is -0.452 e. The fourth-order valence-electron chi connectivity index (χ4n) is 1.98. The zero-order chi connectivity index (χ0) is 19.2. The van der Waals surface area contributed by atoms with E-state index in [4.69, 9.17) is 4.74 Å². The van der Waals surface area contributed by atoms with Crippen LogP contribution in [0, 0.1) is 0 Å². The highest BCUT2D eigenvalue weighted by atomic mass is 79.9. The van der Waals surface area contributed by atoms with Crippen LogP contribution in [-0.4, -0.2) is 18.5 Å². The molecule has 0 aliphatic heterocycles. The maximum Gasteiger partial charge on any atom is 0.418 e. The summed E-state index contributed by atoms with van der Waals surface area (Å²) < 4.78 is 44.1. The van der Waals surface area contributed by atoms with E-state index in [9.17, 15) is 22.8 Å². The first-order valence-electron chi connectivity index (χ1n) is 7.32. The molecule has 0 aliphatic rings. The molecule has 4 nitrogen and oxygen atoms in total. The van der Waals surface area contributed by atoms with E-state index in [-0.39, 0.29) is 0 Å². The number of amides is 1. The minimum atomic E-state index is -4.60. The largest absolute Gasteiger partial charge is 0.452 e. The maximum absolute atomic E-state index is 12.9. The Kier molecular flexibility index (Phi) is 6.57. The lowest BCUT2D eigenvalue weighted by atomic mass is 10.1. The van der Waals surface area contributed by atoms with Gasteiger partial charge in [-0.15, -0.1) is 0 Å². The van der Waals surface area contributed by atoms with Crippen molar-refractivity contribution in [1.29, 1.82) is 0 Å². The molecule has 2 aromatic rings. The third-order valence-corrected chi connectivity index (χ3v) is 3.61. The van der Waals surface area contributed by atoms with E-state index in [2.05, 4.69) is 21.2 Å². The predicted octanol–water partition coefficient (Wildman–Crippen LogP) is 4.66. The summed E-state index contributed by atoms with van der Waals surface area (Å²) in [6, 6.07) is 11.7. The van der Waals surface area contributed by atoms with Crippen LogP contribution < -0.4 is 5.32 Å². The van der Waals surface area contributed by atoms with Crippen molar-refractivity contribution in [2.45, 2.75) is 6.18 Å². The molecule has 2 aromatic carbocycles. The number of anilines is 1. The Balaban J connectivity index is 1.90. The van der Waals surface area contributed by atoms with Gasteiger partial charge < -0.3 is 10.1 Å². The number of para-hydroxylation sites is 1. The van der Waals surface area contributed by atoms with Crippen LogP contribution in [0.2, 0.25) is 0 Å². The van der Waals surface area contributed by atoms with Crippen molar-refractivity contribution in [2.24, 2.45) is 0 Å². The van der Waals surface area contributed by atoms with E-state index in [1.807, 2.05) is 6.07 Å². The lowest BCUT2D eigenvalue weighted by molar-refractivity contribution is -0.142. The summed E-state index contributed by atoms with van der Waals surface area (Å²) in [5.41, 5.74) is -0.639. The molecule has 0 saturated carbocycles. The van der Waals surface area contributed by atoms with Gasteiger partial charge in [0.15, 0.2) is 6.61 Å². The van der Waals surface area contributed by atoms with Crippen LogP contribution >= 0.6 is 15.9 Å². The topological polar surface area (TPSA) is 55.4 Å². The van der Waals surface area contributed by atoms with Crippen molar-refractivity contribution in [3.8, 4) is 0 Å². The number of carbonyl (C=O) groups excluding carboxylic acids is 2. The van der Waals surface area contributed by atoms with Crippen molar-refractivity contribution < 1.29 is 27.5 Å². The van der Waals surface area contributed by atoms with Gasteiger partial charge in [-0.2, -0.15) is 13.2 Å². The minimum absolute atomic E-state index is 0.397. The lowest BCUT2D eigenvalue weighted by Gasteiger charge is -2.13. The second-order valence-electron chi connectivity index (χ2n) is 5.09. The summed E-state index contributed by atoms with van der Waals surface area (Å²) in [6.45, 7) is -0.701. The second-order valence-corrected chi connectivity index (χ2v) is 6.00. The van der Waals surface area contributed by atoms with Crippen LogP contribution in [0.1, 0.15) is 11.1 Å². The van der Waals surface area contributed by atoms with Crippen LogP contribution in [0.15, 0.2) is 59.1 Å². The van der Waals surface area contributed by atoms with Gasteiger partial charge in [-0.25, -0.2) is 4.79 Å². The number of halogens is 4. The molecular weight excluding hydrogens is 415 g/mol. The van der Waals surface area contributed by atoms with Gasteiger partial charge in [0.1, 0.15) is 0 Å². The molecule has 0 bridgehead atoms. The van der Waals surface area contributed by atoms with Crippen molar-refractivity contribution >= 4 is 39.6 Å². The second kappa shape index (κ2) is 8.66. The van der Waals surface area contributed by atoms with Crippen LogP contribution in [0.5, 0.6) is 0 Å². The normalized spacial score (nSPS) is 11.4. The molecule has 0 radical (unpaired) electrons. The zero-order valence-corrected chi connectivity index (χ0v) is 14.8. The Bertz CT molecular complexity index is 834. The van der Waals surface area contributed by atoms with E-state index in [1.165, 1.54) is 18.2 Å². The van der Waals surface area contributed by atoms with Gasteiger partial charge >= 0.3 is 12.1 Å². The number of alkyl halides is 3. The molecule has 0 atom stereocenters. The highest BCUT2D eigenvalue weighted by molar-refractivity contribution is 9.10. The summed E-state index contributed by atoms with van der Waals surface area (Å²) in [5.74, 6) is -1.66. The Morgan fingerprint density at radius 1 is 1.12 bits per heavy atom. The van der Waals surface area contributed by atoms with Gasteiger partial charge in [0.05, 0.1) is 11.3 Å². The monoisotopic (exact) mass is 427 g/mol. The number of hydrogen-bond acceptors (Lipinski definition) is 3. The average molecular weight is 428 g/mol. The van der Waals surface area contributed by atoms with Gasteiger partial charge in [-0.1, -0.05) is 40.2 Å². The molecule has 1 N–H and O–H groups in total. The Hall–Kier alpha value is -2.61. The highest BCUT2D eigenvalue weighted by Crippen LogP contribution is 2.34. The van der Waals surface area contributed by atoms with Gasteiger partial charge in [0.25, 0.3) is 5.91 Å². The molecule has 1 amide bonds. The Morgan fingerprint density at radius 3 is 2.54 bits per heavy atom. The highest BCUT2D eigenvalue weighted by Gasteiger charge is 2.33. The maximum atomic E-state index is 12.9. The fraction of sp³-hybridized carbons (Fsp3) is 0.111. The molecule has 0 saturated heterocycles. The molecular formula is C18H13BrF3NO3. The van der Waals surface area contributed by atoms with Crippen LogP contribution in [0.3, 0.4) is 0 Å². The Labute approximate surface area is 155 Å². The van der Waals surface area contributed by atoms with Crippen molar-refractivity contribution in [3.05, 3.63) is 70.2 Å². The third-order valence-electron chi connectivity index (χ3n) is 3.11. The number of carbonyl (C=O) groups is 2. The van der Waals surface area contributed by atoms with Gasteiger partial charge in [0, 0.05) is 10.5 Å². The standard InChI is InChI=1S/C18H13BrF3NO3/c19-13-5-3-4-12(10-13)8-9-17(25)26-11-16(24)23-15-7-2-1-6-14(15)18(20,21)22/h1-10H,11H2,(H,23,24)/b9-8+. The Morgan fingerprint density at radius 2 is 1.85 bits per heavy atom. The summed E-state index contributed by atoms with van der Waals surface area (Å²) in [7, 11) is 0. The van der Waals surface area contributed by atoms with Gasteiger partial charge in [0.2, 0.25) is 0 Å². The van der Waals surface area contributed by atoms with E-state index >= 15 is 0 Å². The molecule has 136 valence electrons. The van der Waals surface area contributed by atoms with Crippen LogP contribution in [0.25, 0.3) is 6.08 Å². The zero-order valence-electron chi connectivity index (χ0n) is 13.2. The molecule has 0 fully saturated rings. The predicted molar refractivity (Wildman–Crippen MR) is 94.2 cm³/mol. The van der Waals surface area contributed by atoms with Gasteiger partial charge in [-0.05, 0) is 35.9 Å². The van der Waals surface area contributed by atoms with Crippen molar-refractivity contribution in [1.82, 2.24) is 0 Å². The van der Waals surface area contributed by atoms with E-state index < -0.39 is 35.9 Å². The number of rotatable bonds is 5. The molecule has 0 aromatic heterocycles. The quantitative estimate of drug-likeness (QED) is 0.557. The number of benzene rings is 2. The number of hydrogen-bond donors (Lipinski definition) is 1. The molecule has 0 unspecified atom stereocenters. The van der Waals surface area contributed by atoms with Crippen molar-refractivity contribution in [3.63, 3.8) is 0 Å². The lowest BCUT2D eigenvalue weighted by Crippen LogP contribution is -2.22. The smallest absolute Gasteiger partial charge is 0.418 e. The SMILES string of the molecule is O=C(COC(=O)/C=C/c1cccc(Br)c1)Nc1ccccc1C(F)(F)F. The molecule has 0 heterocycles. The van der Waals surface area contributed by atoms with Crippen molar-refractivity contribution in [2.75, 3.05) is 11.9 Å². The summed E-state index contributed by atoms with van der Waals surface area (Å²) in [4.78, 5) is 23.3. The molecule has 2 rings (SSSR count). The van der Waals surface area contributed by atoms with E-state index in [0.29, 0.717) is 0 Å². The molecule has 0 spiro atoms. The van der Waals surface area contributed by atoms with E-state index in [1.54, 1.807) is 18.2 Å². The third kappa shape index (κ3) is 6.03. The van der Waals surface area contributed by atoms with E-state index in [0.717, 1.165) is 28.2 Å². The molecule has 8 heteroatoms. The van der Waals surface area contributed by atoms with Crippen LogP contribution in [-0.2, 0) is 20.5 Å². The first-order valence-corrected chi connectivity index (χ1v) is 8.11. The molecule has 26 heavy (non-hydrogen) atoms. The number of esters is 1. The average Bonchev–Trinajstić information content (AvgIpc) is 2.58.